The van der Waals surface area contributed by atoms with Gasteiger partial charge in [-0.1, -0.05) is 17.1 Å². The molecule has 0 radical (unpaired) electrons. The van der Waals surface area contributed by atoms with Crippen LogP contribution >= 0.6 is 0 Å². The van der Waals surface area contributed by atoms with E-state index in [0.29, 0.717) is 29.6 Å². The first-order valence-electron chi connectivity index (χ1n) is 14.6. The highest BCUT2D eigenvalue weighted by Crippen LogP contribution is 2.46. The maximum absolute atomic E-state index is 17.2. The zero-order valence-corrected chi connectivity index (χ0v) is 23.5. The Balaban J connectivity index is 1.31. The Bertz CT molecular complexity index is 1830. The van der Waals surface area contributed by atoms with E-state index in [0.717, 1.165) is 19.4 Å². The van der Waals surface area contributed by atoms with Crippen molar-refractivity contribution in [2.75, 3.05) is 32.8 Å². The molecule has 1 N–H and O–H groups in total. The molecule has 0 amide bonds. The minimum absolute atomic E-state index is 0.0156. The molecule has 1 aliphatic carbocycles. The van der Waals surface area contributed by atoms with Gasteiger partial charge in [-0.25, -0.2) is 17.6 Å². The van der Waals surface area contributed by atoms with Crippen molar-refractivity contribution < 1.29 is 32.2 Å². The van der Waals surface area contributed by atoms with Gasteiger partial charge in [0.15, 0.2) is 5.83 Å². The van der Waals surface area contributed by atoms with Crippen LogP contribution in [-0.2, 0) is 9.57 Å². The minimum Gasteiger partial charge on any atom is -0.508 e. The number of fused-ring (bicyclic) bond motifs is 4. The van der Waals surface area contributed by atoms with Crippen LogP contribution in [0.25, 0.3) is 16.3 Å². The lowest BCUT2D eigenvalue weighted by Crippen LogP contribution is -2.44. The summed E-state index contributed by atoms with van der Waals surface area (Å²) in [4.78, 5) is 12.0. The first-order valence-corrected chi connectivity index (χ1v) is 14.6. The van der Waals surface area contributed by atoms with Crippen LogP contribution in [0.3, 0.4) is 0 Å². The molecule has 5 heterocycles. The van der Waals surface area contributed by atoms with Gasteiger partial charge in [-0.15, -0.1) is 11.5 Å². The van der Waals surface area contributed by atoms with E-state index < -0.39 is 35.4 Å². The molecule has 6 aliphatic rings. The van der Waals surface area contributed by atoms with Crippen molar-refractivity contribution >= 4 is 33.8 Å². The third kappa shape index (κ3) is 3.98. The fourth-order valence-electron chi connectivity index (χ4n) is 7.71. The maximum atomic E-state index is 17.2. The number of oxime groups is 1. The monoisotopic (exact) mass is 605 g/mol. The number of benzene rings is 2. The van der Waals surface area contributed by atoms with E-state index in [2.05, 4.69) is 26.1 Å². The molecular formula is C32H27F4N5O3. The zero-order chi connectivity index (χ0) is 30.3. The van der Waals surface area contributed by atoms with Crippen LogP contribution in [0.4, 0.5) is 17.6 Å². The number of allylic oxidation sites excluding steroid dienone is 2. The average molecular weight is 606 g/mol. The number of halogens is 4. The van der Waals surface area contributed by atoms with Crippen LogP contribution in [-0.4, -0.2) is 83.2 Å². The Morgan fingerprint density at radius 3 is 2.89 bits per heavy atom. The number of aliphatic imine (C=N–C) groups is 1. The molecule has 8 rings (SSSR count). The van der Waals surface area contributed by atoms with E-state index in [9.17, 15) is 13.9 Å². The van der Waals surface area contributed by atoms with Gasteiger partial charge in [0, 0.05) is 30.3 Å². The molecule has 4 atom stereocenters. The van der Waals surface area contributed by atoms with Gasteiger partial charge in [-0.3, -0.25) is 9.91 Å². The average Bonchev–Trinajstić information content (AvgIpc) is 3.68. The smallest absolute Gasteiger partial charge is 0.334 e. The Kier molecular flexibility index (Phi) is 6.07. The normalized spacial score (nSPS) is 29.4. The van der Waals surface area contributed by atoms with E-state index >= 15 is 8.78 Å². The number of phenolic OH excluding ortho intramolecular Hbond substituents is 1. The second-order valence-electron chi connectivity index (χ2n) is 12.1. The van der Waals surface area contributed by atoms with Crippen molar-refractivity contribution in [2.24, 2.45) is 21.2 Å². The Hall–Kier alpha value is -4.37. The number of nitrogens with zero attached hydrogens (tertiary/aromatic N) is 5. The number of rotatable bonds is 3. The van der Waals surface area contributed by atoms with Gasteiger partial charge in [-0.2, -0.15) is 4.99 Å². The molecule has 0 bridgehead atoms. The molecule has 8 nitrogen and oxygen atoms in total. The summed E-state index contributed by atoms with van der Waals surface area (Å²) >= 11 is 0. The number of terminal acetylenes is 1. The molecule has 0 spiro atoms. The molecule has 0 unspecified atom stereocenters. The Morgan fingerprint density at radius 1 is 1.18 bits per heavy atom. The van der Waals surface area contributed by atoms with Gasteiger partial charge in [0.1, 0.15) is 48.5 Å². The predicted molar refractivity (Wildman–Crippen MR) is 156 cm³/mol. The first-order chi connectivity index (χ1) is 21.3. The number of aromatic hydroxyl groups is 1. The fraction of sp³-hybridized carbons (Fsp3) is 0.406. The third-order valence-corrected chi connectivity index (χ3v) is 9.55. The summed E-state index contributed by atoms with van der Waals surface area (Å²) in [6.07, 6.45) is 5.37. The van der Waals surface area contributed by atoms with Crippen molar-refractivity contribution in [3.63, 3.8) is 0 Å². The van der Waals surface area contributed by atoms with Crippen LogP contribution < -0.4 is 0 Å². The van der Waals surface area contributed by atoms with Crippen molar-refractivity contribution in [1.82, 2.24) is 9.91 Å². The van der Waals surface area contributed by atoms with E-state index in [1.165, 1.54) is 29.3 Å². The fourth-order valence-corrected chi connectivity index (χ4v) is 7.71. The quantitative estimate of drug-likeness (QED) is 0.395. The summed E-state index contributed by atoms with van der Waals surface area (Å²) in [6, 6.07) is 5.16. The Labute approximate surface area is 250 Å². The summed E-state index contributed by atoms with van der Waals surface area (Å²) in [6.45, 7) is 1.06. The first kappa shape index (κ1) is 27.2. The van der Waals surface area contributed by atoms with Crippen molar-refractivity contribution in [1.29, 1.82) is 0 Å². The van der Waals surface area contributed by atoms with Crippen LogP contribution in [0.15, 0.2) is 56.6 Å². The highest BCUT2D eigenvalue weighted by Gasteiger charge is 2.50. The second kappa shape index (κ2) is 9.82. The van der Waals surface area contributed by atoms with E-state index in [1.54, 1.807) is 0 Å². The molecular weight excluding hydrogens is 578 g/mol. The number of hydrogen-bond acceptors (Lipinski definition) is 8. The third-order valence-electron chi connectivity index (χ3n) is 9.55. The SMILES string of the molecule is C#Cc1c(F)ccc2cc(O)cc(C3=C(F)C4=NC(OC[C@@]56CCCN5C[C@H](F)C6)=NN5C[C@H](F)CC(=C45)[C@@H]4CON=C34)c12. The number of hydrogen-bond donors (Lipinski definition) is 1. The van der Waals surface area contributed by atoms with Crippen LogP contribution in [0.2, 0.25) is 0 Å². The van der Waals surface area contributed by atoms with Crippen LogP contribution in [0.1, 0.15) is 36.8 Å². The summed E-state index contributed by atoms with van der Waals surface area (Å²) in [5, 5.41) is 21.3. The molecule has 2 fully saturated rings. The van der Waals surface area contributed by atoms with E-state index in [-0.39, 0.29) is 71.5 Å². The summed E-state index contributed by atoms with van der Waals surface area (Å²) in [5.41, 5.74) is 0.188. The summed E-state index contributed by atoms with van der Waals surface area (Å²) in [7, 11) is 0. The topological polar surface area (TPSA) is 82.3 Å². The second-order valence-corrected chi connectivity index (χ2v) is 12.1. The molecule has 226 valence electrons. The zero-order valence-electron chi connectivity index (χ0n) is 23.5. The largest absolute Gasteiger partial charge is 0.508 e. The number of hydrazone groups is 1. The van der Waals surface area contributed by atoms with Gasteiger partial charge in [0.05, 0.1) is 29.3 Å². The van der Waals surface area contributed by atoms with Crippen molar-refractivity contribution in [3.05, 3.63) is 58.3 Å². The van der Waals surface area contributed by atoms with Gasteiger partial charge in [-0.05, 0) is 54.1 Å². The van der Waals surface area contributed by atoms with Crippen molar-refractivity contribution in [3.8, 4) is 18.1 Å². The standard InChI is InChI=1S/C32H27F4N5O3/c1-2-20-24(35)5-4-16-8-19(42)10-22(25(16)20)26-27(36)29-30-21(23-14-44-39-28(23)26)9-17(33)13-41(30)38-31(37-29)43-15-32-6-3-7-40(32)12-18(34)11-32/h1,4-5,8,10,17-18,23,42H,3,6-7,9,11-15H2/t17-,18-,23+,32+/m1/s1. The molecule has 44 heavy (non-hydrogen) atoms. The summed E-state index contributed by atoms with van der Waals surface area (Å²) < 4.78 is 67.9. The lowest BCUT2D eigenvalue weighted by Gasteiger charge is -2.35. The number of alkyl halides is 2. The van der Waals surface area contributed by atoms with E-state index in [1.807, 2.05) is 0 Å². The highest BCUT2D eigenvalue weighted by atomic mass is 19.1. The number of phenols is 1. The lowest BCUT2D eigenvalue weighted by atomic mass is 9.83. The van der Waals surface area contributed by atoms with Crippen molar-refractivity contribution in [2.45, 2.75) is 43.6 Å². The van der Waals surface area contributed by atoms with Crippen LogP contribution in [0.5, 0.6) is 5.75 Å². The molecule has 0 aromatic heterocycles. The van der Waals surface area contributed by atoms with Gasteiger partial charge in [0.25, 0.3) is 0 Å². The lowest BCUT2D eigenvalue weighted by molar-refractivity contribution is 0.102. The molecule has 5 aliphatic heterocycles. The molecule has 12 heteroatoms. The summed E-state index contributed by atoms with van der Waals surface area (Å²) in [5.74, 6) is -0.0529. The van der Waals surface area contributed by atoms with E-state index in [4.69, 9.17) is 16.0 Å². The Morgan fingerprint density at radius 2 is 2.05 bits per heavy atom. The molecule has 2 aromatic carbocycles. The molecule has 0 saturated carbocycles. The van der Waals surface area contributed by atoms with Gasteiger partial charge >= 0.3 is 6.02 Å². The predicted octanol–water partition coefficient (Wildman–Crippen LogP) is 4.98. The van der Waals surface area contributed by atoms with Crippen LogP contribution in [0, 0.1) is 24.1 Å². The molecule has 2 aromatic rings. The maximum Gasteiger partial charge on any atom is 0.334 e. The van der Waals surface area contributed by atoms with Gasteiger partial charge in [0.2, 0.25) is 0 Å². The number of ether oxygens (including phenoxy) is 1. The van der Waals surface area contributed by atoms with Gasteiger partial charge < -0.3 is 14.7 Å². The highest BCUT2D eigenvalue weighted by molar-refractivity contribution is 6.37. The molecule has 2 saturated heterocycles. The minimum atomic E-state index is -1.33. The number of amidine groups is 1.